The fourth-order valence-corrected chi connectivity index (χ4v) is 7.63. The van der Waals surface area contributed by atoms with Crippen LogP contribution in [-0.4, -0.2) is 72.4 Å². The van der Waals surface area contributed by atoms with E-state index in [-0.39, 0.29) is 42.9 Å². The number of likely N-dealkylation sites (tertiary alicyclic amines) is 1. The van der Waals surface area contributed by atoms with Crippen molar-refractivity contribution < 1.29 is 40.4 Å². The number of nitrogens with one attached hydrogen (secondary N) is 1. The van der Waals surface area contributed by atoms with Crippen LogP contribution in [0.3, 0.4) is 0 Å². The number of alkyl halides is 3. The van der Waals surface area contributed by atoms with Gasteiger partial charge in [0.1, 0.15) is 18.0 Å². The van der Waals surface area contributed by atoms with Crippen LogP contribution in [0.2, 0.25) is 0 Å². The molecule has 1 atom stereocenters. The second-order valence-electron chi connectivity index (χ2n) is 12.7. The van der Waals surface area contributed by atoms with Crippen LogP contribution in [-0.2, 0) is 37.5 Å². The number of anilines is 1. The molecule has 2 amide bonds. The van der Waals surface area contributed by atoms with Gasteiger partial charge in [0.15, 0.2) is 11.4 Å². The molecule has 0 radical (unpaired) electrons. The second-order valence-corrected chi connectivity index (χ2v) is 14.4. The van der Waals surface area contributed by atoms with Crippen molar-refractivity contribution in [3.8, 4) is 11.1 Å². The number of hydrogen-bond acceptors (Lipinski definition) is 8. The van der Waals surface area contributed by atoms with Crippen molar-refractivity contribution in [1.82, 2.24) is 15.0 Å². The molecular weight excluding hydrogens is 675 g/mol. The van der Waals surface area contributed by atoms with E-state index in [1.807, 2.05) is 26.0 Å². The molecule has 270 valence electrons. The zero-order chi connectivity index (χ0) is 36.3. The topological polar surface area (TPSA) is 134 Å². The quantitative estimate of drug-likeness (QED) is 0.212. The summed E-state index contributed by atoms with van der Waals surface area (Å²) in [6, 6.07) is 12.0. The Bertz CT molecular complexity index is 1880. The predicted octanol–water partition coefficient (Wildman–Crippen LogP) is 6.54. The van der Waals surface area contributed by atoms with Gasteiger partial charge in [-0.15, -0.1) is 0 Å². The van der Waals surface area contributed by atoms with Crippen LogP contribution in [0.1, 0.15) is 74.8 Å². The lowest BCUT2D eigenvalue weighted by molar-refractivity contribution is -0.163. The maximum atomic E-state index is 14.1. The molecule has 15 heteroatoms. The van der Waals surface area contributed by atoms with Gasteiger partial charge in [0, 0.05) is 30.7 Å². The number of ether oxygens (including phenoxy) is 1. The fraction of sp³-hybridized carbons (Fsp3) is 0.486. The number of aryl methyl sites for hydroxylation is 1. The van der Waals surface area contributed by atoms with Gasteiger partial charge in [-0.1, -0.05) is 54.9 Å². The van der Waals surface area contributed by atoms with Gasteiger partial charge in [-0.05, 0) is 62.8 Å². The van der Waals surface area contributed by atoms with E-state index in [1.165, 1.54) is 6.07 Å². The number of amides is 2. The number of sulfonamides is 1. The average Bonchev–Trinajstić information content (AvgIpc) is 3.51. The molecule has 2 aliphatic rings. The number of carbonyl (C=O) groups excluding carboxylic acids is 2. The molecule has 5 rings (SSSR count). The van der Waals surface area contributed by atoms with Crippen molar-refractivity contribution in [3.63, 3.8) is 0 Å². The summed E-state index contributed by atoms with van der Waals surface area (Å²) in [5.74, 6) is -0.274. The van der Waals surface area contributed by atoms with Gasteiger partial charge < -0.3 is 14.2 Å². The Labute approximate surface area is 289 Å². The normalized spacial score (nSPS) is 18.2. The van der Waals surface area contributed by atoms with Crippen molar-refractivity contribution in [2.75, 3.05) is 24.4 Å². The highest BCUT2D eigenvalue weighted by Gasteiger charge is 2.51. The van der Waals surface area contributed by atoms with E-state index >= 15 is 0 Å². The van der Waals surface area contributed by atoms with Gasteiger partial charge in [-0.25, -0.2) is 8.42 Å². The van der Waals surface area contributed by atoms with E-state index in [9.17, 15) is 31.2 Å². The molecule has 0 aliphatic carbocycles. The third-order valence-corrected chi connectivity index (χ3v) is 10.5. The van der Waals surface area contributed by atoms with Crippen molar-refractivity contribution >= 4 is 33.5 Å². The third kappa shape index (κ3) is 8.04. The minimum Gasteiger partial charge on any atom is -0.377 e. The fourth-order valence-electron chi connectivity index (χ4n) is 6.35. The predicted molar refractivity (Wildman–Crippen MR) is 181 cm³/mol. The maximum Gasteiger partial charge on any atom is 0.397 e. The average molecular weight is 718 g/mol. The van der Waals surface area contributed by atoms with Crippen LogP contribution < -0.4 is 4.72 Å². The number of carbonyl (C=O) groups is 2. The zero-order valence-electron chi connectivity index (χ0n) is 28.6. The minimum atomic E-state index is -4.65. The van der Waals surface area contributed by atoms with Crippen LogP contribution in [0.5, 0.6) is 0 Å². The smallest absolute Gasteiger partial charge is 0.377 e. The maximum absolute atomic E-state index is 14.1. The number of benzene rings is 2. The molecule has 11 nitrogen and oxygen atoms in total. The number of hydrogen-bond donors (Lipinski definition) is 1. The first-order valence-electron chi connectivity index (χ1n) is 16.7. The molecule has 2 aliphatic heterocycles. The van der Waals surface area contributed by atoms with Gasteiger partial charge in [-0.2, -0.15) is 13.2 Å². The lowest BCUT2D eigenvalue weighted by Gasteiger charge is -2.37. The van der Waals surface area contributed by atoms with Gasteiger partial charge >= 0.3 is 6.18 Å². The summed E-state index contributed by atoms with van der Waals surface area (Å²) in [7, 11) is -4.10. The van der Waals surface area contributed by atoms with Crippen molar-refractivity contribution in [2.24, 2.45) is 4.99 Å². The van der Waals surface area contributed by atoms with E-state index in [1.54, 1.807) is 43.0 Å². The molecule has 1 saturated heterocycles. The Balaban J connectivity index is 1.46. The lowest BCUT2D eigenvalue weighted by Crippen LogP contribution is -2.55. The van der Waals surface area contributed by atoms with Crippen LogP contribution in [0.4, 0.5) is 19.0 Å². The number of nitrogens with zero attached hydrogens (tertiary/aromatic N) is 4. The second kappa shape index (κ2) is 14.9. The first kappa shape index (κ1) is 37.0. The summed E-state index contributed by atoms with van der Waals surface area (Å²) < 4.78 is 79.9. The van der Waals surface area contributed by atoms with Crippen molar-refractivity contribution in [3.05, 3.63) is 64.9 Å². The number of aromatic nitrogens is 1. The van der Waals surface area contributed by atoms with Crippen molar-refractivity contribution in [2.45, 2.75) is 96.0 Å². The van der Waals surface area contributed by atoms with Gasteiger partial charge in [-0.3, -0.25) is 24.2 Å². The Morgan fingerprint density at radius 1 is 1.12 bits per heavy atom. The molecule has 1 unspecified atom stereocenters. The summed E-state index contributed by atoms with van der Waals surface area (Å²) >= 11 is 0. The molecule has 50 heavy (non-hydrogen) atoms. The highest BCUT2D eigenvalue weighted by molar-refractivity contribution is 7.92. The highest BCUT2D eigenvalue weighted by atomic mass is 32.2. The Morgan fingerprint density at radius 3 is 2.56 bits per heavy atom. The molecule has 3 aromatic rings. The van der Waals surface area contributed by atoms with E-state index in [4.69, 9.17) is 14.3 Å². The first-order valence-corrected chi connectivity index (χ1v) is 18.2. The molecule has 1 aromatic heterocycles. The lowest BCUT2D eigenvalue weighted by atomic mass is 9.88. The summed E-state index contributed by atoms with van der Waals surface area (Å²) in [4.78, 5) is 34.2. The first-order chi connectivity index (χ1) is 23.7. The Kier molecular flexibility index (Phi) is 11.1. The summed E-state index contributed by atoms with van der Waals surface area (Å²) in [6.45, 7) is 7.88. The van der Waals surface area contributed by atoms with Crippen LogP contribution >= 0.6 is 0 Å². The third-order valence-electron chi connectivity index (χ3n) is 9.05. The summed E-state index contributed by atoms with van der Waals surface area (Å²) in [5, 5.41) is 3.84. The largest absolute Gasteiger partial charge is 0.397 e. The standard InChI is InChI=1S/C35H42F3N5O6S/c1-5-7-13-30-39-34(16-10-17-42(22-34)31(44)19-35(36,37)38)33(45)43(30)20-25-14-15-27(26(18-25)21-48-6-2)28-11-8-9-12-29(28)50(46,47)41-32-23(3)24(4)49-40-32/h8-9,11-12,14-15,18H,5-7,10,13,16-17,19-22H2,1-4H3,(H,40,41). The van der Waals surface area contributed by atoms with E-state index in [0.29, 0.717) is 59.7 Å². The van der Waals surface area contributed by atoms with Crippen LogP contribution in [0.25, 0.3) is 11.1 Å². The Morgan fingerprint density at radius 2 is 1.88 bits per heavy atom. The zero-order valence-corrected chi connectivity index (χ0v) is 29.4. The van der Waals surface area contributed by atoms with Gasteiger partial charge in [0.25, 0.3) is 15.9 Å². The molecule has 3 heterocycles. The molecule has 0 saturated carbocycles. The minimum absolute atomic E-state index is 0.0260. The summed E-state index contributed by atoms with van der Waals surface area (Å²) in [6.07, 6.45) is -3.47. The van der Waals surface area contributed by atoms with E-state index < -0.39 is 34.1 Å². The molecule has 0 bridgehead atoms. The SMILES string of the molecule is CCCCC1=NC2(CCCN(C(=O)CC(F)(F)F)C2)C(=O)N1Cc1ccc(-c2ccccc2S(=O)(=O)Nc2noc(C)c2C)c(COCC)c1. The number of aliphatic imine (C=N–C) groups is 1. The molecule has 2 aromatic carbocycles. The molecule has 1 fully saturated rings. The highest BCUT2D eigenvalue weighted by Crippen LogP contribution is 2.37. The Hall–Kier alpha value is -4.24. The number of piperidine rings is 1. The number of rotatable bonds is 13. The van der Waals surface area contributed by atoms with E-state index in [2.05, 4.69) is 9.88 Å². The summed E-state index contributed by atoms with van der Waals surface area (Å²) in [5.41, 5.74) is 1.71. The number of unbranched alkanes of at least 4 members (excludes halogenated alkanes) is 1. The number of halogens is 3. The number of amidine groups is 1. The molecule has 1 spiro atoms. The van der Waals surface area contributed by atoms with Crippen LogP contribution in [0, 0.1) is 13.8 Å². The van der Waals surface area contributed by atoms with Crippen molar-refractivity contribution in [1.29, 1.82) is 0 Å². The van der Waals surface area contributed by atoms with Gasteiger partial charge in [0.05, 0.1) is 24.6 Å². The molecule has 1 N–H and O–H groups in total. The van der Waals surface area contributed by atoms with E-state index in [0.717, 1.165) is 23.3 Å². The van der Waals surface area contributed by atoms with Crippen LogP contribution in [0.15, 0.2) is 56.9 Å². The monoisotopic (exact) mass is 717 g/mol. The van der Waals surface area contributed by atoms with Gasteiger partial charge in [0.2, 0.25) is 5.91 Å². The molecular formula is C35H42F3N5O6S.